The minimum Gasteiger partial charge on any atom is -0.389 e. The van der Waals surface area contributed by atoms with Crippen LogP contribution in [0.25, 0.3) is 16.6 Å². The fourth-order valence-corrected chi connectivity index (χ4v) is 2.94. The summed E-state index contributed by atoms with van der Waals surface area (Å²) in [5, 5.41) is 13.8. The van der Waals surface area contributed by atoms with Gasteiger partial charge in [-0.25, -0.2) is 4.68 Å². The van der Waals surface area contributed by atoms with Crippen molar-refractivity contribution in [1.82, 2.24) is 9.78 Å². The van der Waals surface area contributed by atoms with Crippen molar-refractivity contribution in [3.63, 3.8) is 0 Å². The lowest BCUT2D eigenvalue weighted by Gasteiger charge is -2.04. The highest BCUT2D eigenvalue weighted by Crippen LogP contribution is 2.22. The maximum absolute atomic E-state index is 11.7. The average Bonchev–Trinajstić information content (AvgIpc) is 3.10. The van der Waals surface area contributed by atoms with E-state index in [2.05, 4.69) is 16.9 Å². The number of aliphatic hydroxyl groups excluding tert-OH is 1. The first-order valence-corrected chi connectivity index (χ1v) is 9.09. The van der Waals surface area contributed by atoms with Crippen LogP contribution in [-0.2, 0) is 4.79 Å². The van der Waals surface area contributed by atoms with Gasteiger partial charge in [-0.2, -0.15) is 5.10 Å². The lowest BCUT2D eigenvalue weighted by Crippen LogP contribution is -2.12. The molecule has 3 aromatic rings. The number of Topliss-reactive ketones (excluding diaryl/α,β-unsaturated/α-hetero) is 1. The molecule has 0 bridgehead atoms. The van der Waals surface area contributed by atoms with Crippen LogP contribution in [0.3, 0.4) is 0 Å². The molecule has 0 saturated carbocycles. The van der Waals surface area contributed by atoms with E-state index in [9.17, 15) is 9.59 Å². The standard InChI is InChI=1S/C22H21N3O3/c23-22(28)21-19-12-5-6-13-20(19)25(24-21)17-10-7-9-16(14-17)8-3-1-2-4-11-18(27)15-26/h5-7,9-10,12-14,26H,1-2,4,11,15H2,(H2,23,28). The molecule has 28 heavy (non-hydrogen) atoms. The third-order valence-corrected chi connectivity index (χ3v) is 4.33. The van der Waals surface area contributed by atoms with E-state index in [1.54, 1.807) is 4.68 Å². The number of carbonyl (C=O) groups excluding carboxylic acids is 2. The Labute approximate surface area is 163 Å². The summed E-state index contributed by atoms with van der Waals surface area (Å²) >= 11 is 0. The normalized spacial score (nSPS) is 10.5. The van der Waals surface area contributed by atoms with Gasteiger partial charge in [0.15, 0.2) is 11.5 Å². The number of para-hydroxylation sites is 1. The quantitative estimate of drug-likeness (QED) is 0.490. The third-order valence-electron chi connectivity index (χ3n) is 4.33. The summed E-state index contributed by atoms with van der Waals surface area (Å²) in [7, 11) is 0. The Morgan fingerprint density at radius 3 is 2.71 bits per heavy atom. The van der Waals surface area contributed by atoms with Gasteiger partial charge < -0.3 is 10.8 Å². The van der Waals surface area contributed by atoms with E-state index in [0.717, 1.165) is 29.6 Å². The van der Waals surface area contributed by atoms with Crippen molar-refractivity contribution in [1.29, 1.82) is 0 Å². The van der Waals surface area contributed by atoms with E-state index in [0.29, 0.717) is 18.2 Å². The molecule has 1 heterocycles. The molecule has 0 saturated heterocycles. The summed E-state index contributed by atoms with van der Waals surface area (Å²) in [6.45, 7) is -0.391. The van der Waals surface area contributed by atoms with Crippen LogP contribution in [0, 0.1) is 11.8 Å². The predicted molar refractivity (Wildman–Crippen MR) is 107 cm³/mol. The second kappa shape index (κ2) is 8.98. The molecule has 142 valence electrons. The van der Waals surface area contributed by atoms with Crippen molar-refractivity contribution in [3.05, 3.63) is 59.8 Å². The van der Waals surface area contributed by atoms with E-state index in [4.69, 9.17) is 10.8 Å². The Kier molecular flexibility index (Phi) is 6.20. The number of nitrogens with two attached hydrogens (primary N) is 1. The van der Waals surface area contributed by atoms with Crippen molar-refractivity contribution >= 4 is 22.6 Å². The molecule has 0 fully saturated rings. The monoisotopic (exact) mass is 375 g/mol. The number of benzene rings is 2. The van der Waals surface area contributed by atoms with Crippen LogP contribution in [0.15, 0.2) is 48.5 Å². The molecular weight excluding hydrogens is 354 g/mol. The average molecular weight is 375 g/mol. The third kappa shape index (κ3) is 4.45. The van der Waals surface area contributed by atoms with E-state index >= 15 is 0 Å². The minimum atomic E-state index is -0.564. The fraction of sp³-hybridized carbons (Fsp3) is 0.227. The molecule has 0 aliphatic rings. The maximum atomic E-state index is 11.7. The fourth-order valence-electron chi connectivity index (χ4n) is 2.94. The number of primary amides is 1. The maximum Gasteiger partial charge on any atom is 0.269 e. The van der Waals surface area contributed by atoms with Gasteiger partial charge in [-0.05, 0) is 37.1 Å². The number of unbranched alkanes of at least 4 members (excludes halogenated alkanes) is 2. The number of hydrogen-bond acceptors (Lipinski definition) is 4. The van der Waals surface area contributed by atoms with E-state index in [1.165, 1.54) is 0 Å². The molecule has 6 nitrogen and oxygen atoms in total. The van der Waals surface area contributed by atoms with Gasteiger partial charge in [-0.15, -0.1) is 0 Å². The zero-order valence-corrected chi connectivity index (χ0v) is 15.4. The molecule has 6 heteroatoms. The molecule has 3 N–H and O–H groups in total. The highest BCUT2D eigenvalue weighted by molar-refractivity contribution is 6.04. The van der Waals surface area contributed by atoms with Crippen LogP contribution in [0.4, 0.5) is 0 Å². The van der Waals surface area contributed by atoms with Crippen LogP contribution in [-0.4, -0.2) is 33.2 Å². The number of aliphatic hydroxyl groups is 1. The molecule has 0 aliphatic carbocycles. The van der Waals surface area contributed by atoms with Gasteiger partial charge in [-0.1, -0.05) is 36.1 Å². The highest BCUT2D eigenvalue weighted by Gasteiger charge is 2.15. The second-order valence-electron chi connectivity index (χ2n) is 6.40. The Hall–Kier alpha value is -3.43. The predicted octanol–water partition coefficient (Wildman–Crippen LogP) is 2.60. The van der Waals surface area contributed by atoms with Gasteiger partial charge in [0.25, 0.3) is 5.91 Å². The van der Waals surface area contributed by atoms with Crippen LogP contribution in [0.2, 0.25) is 0 Å². The molecule has 2 aromatic carbocycles. The Morgan fingerprint density at radius 1 is 1.11 bits per heavy atom. The van der Waals surface area contributed by atoms with Crippen LogP contribution < -0.4 is 5.73 Å². The van der Waals surface area contributed by atoms with Crippen molar-refractivity contribution in [3.8, 4) is 17.5 Å². The summed E-state index contributed by atoms with van der Waals surface area (Å²) < 4.78 is 1.70. The number of carbonyl (C=O) groups is 2. The van der Waals surface area contributed by atoms with Gasteiger partial charge >= 0.3 is 0 Å². The number of ketones is 1. The topological polar surface area (TPSA) is 98.2 Å². The Morgan fingerprint density at radius 2 is 1.93 bits per heavy atom. The molecule has 1 amide bonds. The van der Waals surface area contributed by atoms with E-state index < -0.39 is 12.5 Å². The van der Waals surface area contributed by atoms with Gasteiger partial charge in [0.1, 0.15) is 6.61 Å². The molecule has 0 aliphatic heterocycles. The summed E-state index contributed by atoms with van der Waals surface area (Å²) in [5.41, 5.74) is 8.14. The van der Waals surface area contributed by atoms with Crippen molar-refractivity contribution in [2.75, 3.05) is 6.61 Å². The number of hydrogen-bond donors (Lipinski definition) is 2. The van der Waals surface area contributed by atoms with Gasteiger partial charge in [-0.3, -0.25) is 9.59 Å². The highest BCUT2D eigenvalue weighted by atomic mass is 16.3. The van der Waals surface area contributed by atoms with E-state index in [1.807, 2.05) is 48.5 Å². The van der Waals surface area contributed by atoms with Crippen molar-refractivity contribution in [2.45, 2.75) is 25.7 Å². The second-order valence-corrected chi connectivity index (χ2v) is 6.40. The summed E-state index contributed by atoms with van der Waals surface area (Å²) in [6, 6.07) is 15.0. The van der Waals surface area contributed by atoms with Crippen LogP contribution in [0.5, 0.6) is 0 Å². The molecule has 0 radical (unpaired) electrons. The number of amides is 1. The minimum absolute atomic E-state index is 0.137. The van der Waals surface area contributed by atoms with E-state index in [-0.39, 0.29) is 11.5 Å². The molecule has 1 aromatic heterocycles. The smallest absolute Gasteiger partial charge is 0.269 e. The van der Waals surface area contributed by atoms with Crippen molar-refractivity contribution in [2.24, 2.45) is 5.73 Å². The Bertz CT molecular complexity index is 1070. The van der Waals surface area contributed by atoms with Crippen LogP contribution >= 0.6 is 0 Å². The van der Waals surface area contributed by atoms with Gasteiger partial charge in [0.2, 0.25) is 0 Å². The summed E-state index contributed by atoms with van der Waals surface area (Å²) in [5.74, 6) is 5.52. The molecule has 3 rings (SSSR count). The lowest BCUT2D eigenvalue weighted by atomic mass is 10.1. The van der Waals surface area contributed by atoms with Crippen LogP contribution in [0.1, 0.15) is 41.7 Å². The molecular formula is C22H21N3O3. The summed E-state index contributed by atoms with van der Waals surface area (Å²) in [6.07, 6.45) is 2.61. The lowest BCUT2D eigenvalue weighted by molar-refractivity contribution is -0.121. The number of rotatable bonds is 7. The number of aromatic nitrogens is 2. The first-order valence-electron chi connectivity index (χ1n) is 9.09. The summed E-state index contributed by atoms with van der Waals surface area (Å²) in [4.78, 5) is 22.8. The SMILES string of the molecule is NC(=O)c1nn(-c2cccc(C#CCCCCC(=O)CO)c2)c2ccccc12. The zero-order chi connectivity index (χ0) is 19.9. The first kappa shape index (κ1) is 19.3. The Balaban J connectivity index is 1.78. The van der Waals surface area contributed by atoms with Gasteiger partial charge in [0, 0.05) is 23.8 Å². The first-order chi connectivity index (χ1) is 13.6. The number of fused-ring (bicyclic) bond motifs is 1. The number of nitrogens with zero attached hydrogens (tertiary/aromatic N) is 2. The molecule has 0 atom stereocenters. The zero-order valence-electron chi connectivity index (χ0n) is 15.4. The largest absolute Gasteiger partial charge is 0.389 e. The van der Waals surface area contributed by atoms with Crippen molar-refractivity contribution < 1.29 is 14.7 Å². The van der Waals surface area contributed by atoms with Gasteiger partial charge in [0.05, 0.1) is 11.2 Å². The molecule has 0 spiro atoms. The molecule has 0 unspecified atom stereocenters.